The summed E-state index contributed by atoms with van der Waals surface area (Å²) in [7, 11) is 0. The van der Waals surface area contributed by atoms with Gasteiger partial charge in [0.15, 0.2) is 11.2 Å². The van der Waals surface area contributed by atoms with Gasteiger partial charge in [-0.25, -0.2) is 9.78 Å². The maximum Gasteiger partial charge on any atom is 0.332 e. The van der Waals surface area contributed by atoms with Gasteiger partial charge in [-0.3, -0.25) is 14.3 Å². The first-order valence-electron chi connectivity index (χ1n) is 5.42. The summed E-state index contributed by atoms with van der Waals surface area (Å²) >= 11 is 0. The monoisotopic (exact) mass is 242 g/mol. The van der Waals surface area contributed by atoms with Crippen LogP contribution >= 0.6 is 0 Å². The van der Waals surface area contributed by atoms with Gasteiger partial charge in [0.2, 0.25) is 0 Å². The van der Waals surface area contributed by atoms with Gasteiger partial charge in [0.05, 0.1) is 12.0 Å². The summed E-state index contributed by atoms with van der Waals surface area (Å²) in [6.07, 6.45) is 1.27. The number of hydrogen-bond donors (Lipinski definition) is 2. The number of nitrogens with zero attached hydrogens (tertiary/aromatic N) is 2. The van der Waals surface area contributed by atoms with Gasteiger partial charge in [0.25, 0.3) is 5.56 Å². The van der Waals surface area contributed by atoms with Gasteiger partial charge in [0, 0.05) is 0 Å². The van der Waals surface area contributed by atoms with E-state index in [1.165, 1.54) is 10.9 Å². The van der Waals surface area contributed by atoms with E-state index in [1.54, 1.807) is 6.07 Å². The number of aromatic amines is 2. The summed E-state index contributed by atoms with van der Waals surface area (Å²) < 4.78 is 1.33. The Labute approximate surface area is 101 Å². The number of H-pyrrole nitrogens is 2. The van der Waals surface area contributed by atoms with Crippen molar-refractivity contribution < 1.29 is 0 Å². The Hall–Kier alpha value is -2.63. The molecule has 1 aromatic carbocycles. The highest BCUT2D eigenvalue weighted by Crippen LogP contribution is 2.11. The standard InChI is InChI=1S/C12H10N4O2/c1-7-3-2-4-8(5-7)16-9-10(15-12(16)18)13-6-14-11(9)17/h2-6H,1H3,(H2,13,14,15,17,18). The first kappa shape index (κ1) is 10.5. The Bertz CT molecular complexity index is 841. The van der Waals surface area contributed by atoms with E-state index >= 15 is 0 Å². The molecule has 0 atom stereocenters. The van der Waals surface area contributed by atoms with Crippen LogP contribution in [0.15, 0.2) is 40.2 Å². The highest BCUT2D eigenvalue weighted by molar-refractivity contribution is 5.71. The molecule has 6 heteroatoms. The fourth-order valence-electron chi connectivity index (χ4n) is 1.96. The van der Waals surface area contributed by atoms with Crippen LogP contribution < -0.4 is 11.2 Å². The van der Waals surface area contributed by atoms with Gasteiger partial charge in [-0.05, 0) is 24.6 Å². The topological polar surface area (TPSA) is 83.5 Å². The van der Waals surface area contributed by atoms with Crippen molar-refractivity contribution in [2.75, 3.05) is 0 Å². The molecule has 18 heavy (non-hydrogen) atoms. The average Bonchev–Trinajstić information content (AvgIpc) is 2.67. The molecule has 0 saturated carbocycles. The van der Waals surface area contributed by atoms with Crippen molar-refractivity contribution in [1.29, 1.82) is 0 Å². The predicted molar refractivity (Wildman–Crippen MR) is 67.0 cm³/mol. The Morgan fingerprint density at radius 1 is 1.28 bits per heavy atom. The smallest absolute Gasteiger partial charge is 0.311 e. The Kier molecular flexibility index (Phi) is 2.16. The molecule has 0 spiro atoms. The zero-order valence-electron chi connectivity index (χ0n) is 9.60. The first-order valence-corrected chi connectivity index (χ1v) is 5.42. The number of rotatable bonds is 1. The van der Waals surface area contributed by atoms with E-state index in [4.69, 9.17) is 0 Å². The third-order valence-electron chi connectivity index (χ3n) is 2.74. The maximum atomic E-state index is 11.9. The summed E-state index contributed by atoms with van der Waals surface area (Å²) in [5.41, 5.74) is 1.44. The largest absolute Gasteiger partial charge is 0.332 e. The molecule has 0 aliphatic rings. The zero-order valence-corrected chi connectivity index (χ0v) is 9.60. The molecule has 0 bridgehead atoms. The van der Waals surface area contributed by atoms with Crippen LogP contribution in [-0.2, 0) is 0 Å². The van der Waals surface area contributed by atoms with Crippen molar-refractivity contribution in [3.63, 3.8) is 0 Å². The molecule has 3 aromatic rings. The minimum absolute atomic E-state index is 0.230. The molecule has 0 saturated heterocycles. The van der Waals surface area contributed by atoms with E-state index in [2.05, 4.69) is 15.0 Å². The molecule has 0 radical (unpaired) electrons. The van der Waals surface area contributed by atoms with E-state index in [-0.39, 0.29) is 22.4 Å². The van der Waals surface area contributed by atoms with Gasteiger partial charge >= 0.3 is 5.69 Å². The van der Waals surface area contributed by atoms with Gasteiger partial charge in [-0.15, -0.1) is 0 Å². The highest BCUT2D eigenvalue weighted by atomic mass is 16.2. The van der Waals surface area contributed by atoms with Gasteiger partial charge in [-0.2, -0.15) is 0 Å². The third-order valence-corrected chi connectivity index (χ3v) is 2.74. The molecule has 0 unspecified atom stereocenters. The number of nitrogens with one attached hydrogen (secondary N) is 2. The van der Waals surface area contributed by atoms with Crippen molar-refractivity contribution in [3.8, 4) is 5.69 Å². The third kappa shape index (κ3) is 1.46. The van der Waals surface area contributed by atoms with E-state index in [0.29, 0.717) is 5.69 Å². The van der Waals surface area contributed by atoms with E-state index in [9.17, 15) is 9.59 Å². The first-order chi connectivity index (χ1) is 8.66. The lowest BCUT2D eigenvalue weighted by Gasteiger charge is -2.02. The van der Waals surface area contributed by atoms with Crippen LogP contribution in [0.2, 0.25) is 0 Å². The quantitative estimate of drug-likeness (QED) is 0.659. The molecule has 0 fully saturated rings. The van der Waals surface area contributed by atoms with Crippen molar-refractivity contribution in [2.45, 2.75) is 6.92 Å². The molecule has 6 nitrogen and oxygen atoms in total. The second kappa shape index (κ2) is 3.69. The van der Waals surface area contributed by atoms with Crippen LogP contribution in [0.25, 0.3) is 16.9 Å². The second-order valence-electron chi connectivity index (χ2n) is 4.03. The molecular weight excluding hydrogens is 232 g/mol. The van der Waals surface area contributed by atoms with Crippen LogP contribution in [-0.4, -0.2) is 19.5 Å². The van der Waals surface area contributed by atoms with Crippen molar-refractivity contribution in [1.82, 2.24) is 19.5 Å². The van der Waals surface area contributed by atoms with E-state index in [0.717, 1.165) is 5.56 Å². The van der Waals surface area contributed by atoms with Gasteiger partial charge in [0.1, 0.15) is 0 Å². The van der Waals surface area contributed by atoms with Gasteiger partial charge < -0.3 is 4.98 Å². The lowest BCUT2D eigenvalue weighted by Crippen LogP contribution is -2.18. The summed E-state index contributed by atoms with van der Waals surface area (Å²) in [5, 5.41) is 0. The molecule has 0 aliphatic heterocycles. The molecule has 0 amide bonds. The summed E-state index contributed by atoms with van der Waals surface area (Å²) in [6, 6.07) is 7.36. The molecule has 2 N–H and O–H groups in total. The van der Waals surface area contributed by atoms with Gasteiger partial charge in [-0.1, -0.05) is 12.1 Å². The molecule has 2 heterocycles. The highest BCUT2D eigenvalue weighted by Gasteiger charge is 2.12. The SMILES string of the molecule is Cc1cccc(-n2c(=O)[nH]c3nc[nH]c(=O)c32)c1. The van der Waals surface area contributed by atoms with Crippen LogP contribution in [0.4, 0.5) is 0 Å². The average molecular weight is 242 g/mol. The van der Waals surface area contributed by atoms with Crippen LogP contribution in [0.1, 0.15) is 5.56 Å². The summed E-state index contributed by atoms with van der Waals surface area (Å²) in [6.45, 7) is 1.92. The number of aryl methyl sites for hydroxylation is 1. The molecule has 2 aromatic heterocycles. The summed E-state index contributed by atoms with van der Waals surface area (Å²) in [5.74, 6) is 0. The Morgan fingerprint density at radius 3 is 2.89 bits per heavy atom. The minimum Gasteiger partial charge on any atom is -0.311 e. The predicted octanol–water partition coefficient (Wildman–Crippen LogP) is 0.711. The number of aromatic nitrogens is 4. The zero-order chi connectivity index (χ0) is 12.7. The molecule has 0 aliphatic carbocycles. The number of fused-ring (bicyclic) bond motifs is 1. The molecule has 3 rings (SSSR count). The van der Waals surface area contributed by atoms with Crippen molar-refractivity contribution >= 4 is 11.2 Å². The Morgan fingerprint density at radius 2 is 2.11 bits per heavy atom. The fourth-order valence-corrected chi connectivity index (χ4v) is 1.96. The molecule has 90 valence electrons. The maximum absolute atomic E-state index is 11.9. The number of benzene rings is 1. The second-order valence-corrected chi connectivity index (χ2v) is 4.03. The lowest BCUT2D eigenvalue weighted by molar-refractivity contribution is 1.01. The normalized spacial score (nSPS) is 10.9. The van der Waals surface area contributed by atoms with Crippen LogP contribution in [0.3, 0.4) is 0 Å². The fraction of sp³-hybridized carbons (Fsp3) is 0.0833. The van der Waals surface area contributed by atoms with Crippen molar-refractivity contribution in [3.05, 3.63) is 57.0 Å². The van der Waals surface area contributed by atoms with E-state index in [1.807, 2.05) is 25.1 Å². The minimum atomic E-state index is -0.375. The summed E-state index contributed by atoms with van der Waals surface area (Å²) in [4.78, 5) is 32.7. The van der Waals surface area contributed by atoms with Crippen LogP contribution in [0.5, 0.6) is 0 Å². The Balaban J connectivity index is 2.46. The lowest BCUT2D eigenvalue weighted by atomic mass is 10.2. The van der Waals surface area contributed by atoms with Crippen molar-refractivity contribution in [2.24, 2.45) is 0 Å². The van der Waals surface area contributed by atoms with Crippen LogP contribution in [0, 0.1) is 6.92 Å². The van der Waals surface area contributed by atoms with E-state index < -0.39 is 0 Å². The number of hydrogen-bond acceptors (Lipinski definition) is 3. The molecular formula is C12H10N4O2. The number of imidazole rings is 1.